The first-order valence-electron chi connectivity index (χ1n) is 13.5. The van der Waals surface area contributed by atoms with E-state index in [0.717, 1.165) is 0 Å². The number of hydrogen-bond donors (Lipinski definition) is 0. The number of rotatable bonds is 5. The largest absolute Gasteiger partial charge is 0.310 e. The lowest BCUT2D eigenvalue weighted by Crippen LogP contribution is -2.37. The third kappa shape index (κ3) is 4.19. The molecule has 0 aromatic heterocycles. The van der Waals surface area contributed by atoms with Gasteiger partial charge in [0.25, 0.3) is 0 Å². The van der Waals surface area contributed by atoms with Crippen LogP contribution in [0.25, 0.3) is 22.3 Å². The minimum absolute atomic E-state index is 0.0353. The Balaban J connectivity index is 1.47. The van der Waals surface area contributed by atoms with Crippen molar-refractivity contribution in [2.24, 2.45) is 0 Å². The first-order valence-corrected chi connectivity index (χ1v) is 17.0. The van der Waals surface area contributed by atoms with Gasteiger partial charge in [0, 0.05) is 22.5 Å². The van der Waals surface area contributed by atoms with Crippen LogP contribution in [0.1, 0.15) is 25.0 Å². The molecule has 38 heavy (non-hydrogen) atoms. The molecule has 1 aliphatic carbocycles. The summed E-state index contributed by atoms with van der Waals surface area (Å²) in [7, 11) is -1.38. The number of benzene rings is 5. The Hall–Kier alpha value is -3.88. The maximum atomic E-state index is 2.41. The van der Waals surface area contributed by atoms with Gasteiger partial charge in [0.1, 0.15) is 0 Å². The van der Waals surface area contributed by atoms with Crippen molar-refractivity contribution >= 4 is 30.3 Å². The first-order chi connectivity index (χ1) is 18.2. The second kappa shape index (κ2) is 9.15. The minimum Gasteiger partial charge on any atom is -0.310 e. The number of nitrogens with zero attached hydrogens (tertiary/aromatic N) is 1. The first kappa shape index (κ1) is 24.5. The Kier molecular flexibility index (Phi) is 5.89. The van der Waals surface area contributed by atoms with Crippen LogP contribution in [0, 0.1) is 0 Å². The Morgan fingerprint density at radius 2 is 1.03 bits per heavy atom. The summed E-state index contributed by atoms with van der Waals surface area (Å²) in [4.78, 5) is 2.40. The maximum absolute atomic E-state index is 2.41. The fourth-order valence-corrected chi connectivity index (χ4v) is 6.99. The molecular formula is C36H35NSi. The molecule has 0 saturated carbocycles. The van der Waals surface area contributed by atoms with Crippen LogP contribution in [0.2, 0.25) is 19.6 Å². The molecule has 0 amide bonds. The van der Waals surface area contributed by atoms with Crippen LogP contribution in [0.5, 0.6) is 0 Å². The zero-order valence-electron chi connectivity index (χ0n) is 23.0. The number of anilines is 3. The monoisotopic (exact) mass is 509 g/mol. The van der Waals surface area contributed by atoms with Gasteiger partial charge >= 0.3 is 0 Å². The SMILES string of the molecule is CC1(C)c2ccccc2-c2ccc(N(c3ccc(-c4ccccc4)cc3)c3ccc([Si](C)(C)C)cc3)cc21. The van der Waals surface area contributed by atoms with E-state index in [4.69, 9.17) is 0 Å². The molecule has 5 aromatic carbocycles. The van der Waals surface area contributed by atoms with E-state index in [1.54, 1.807) is 0 Å². The van der Waals surface area contributed by atoms with E-state index in [0.29, 0.717) is 0 Å². The van der Waals surface area contributed by atoms with Crippen molar-refractivity contribution in [2.75, 3.05) is 4.90 Å². The highest BCUT2D eigenvalue weighted by Crippen LogP contribution is 2.50. The van der Waals surface area contributed by atoms with Gasteiger partial charge in [-0.15, -0.1) is 0 Å². The molecule has 1 nitrogen and oxygen atoms in total. The lowest BCUT2D eigenvalue weighted by atomic mass is 9.82. The van der Waals surface area contributed by atoms with Crippen molar-refractivity contribution in [2.45, 2.75) is 38.9 Å². The predicted molar refractivity (Wildman–Crippen MR) is 167 cm³/mol. The Morgan fingerprint density at radius 1 is 0.500 bits per heavy atom. The third-order valence-corrected chi connectivity index (χ3v) is 10.1. The van der Waals surface area contributed by atoms with Crippen LogP contribution in [0.15, 0.2) is 121 Å². The van der Waals surface area contributed by atoms with E-state index in [9.17, 15) is 0 Å². The molecule has 0 fully saturated rings. The van der Waals surface area contributed by atoms with E-state index >= 15 is 0 Å². The summed E-state index contributed by atoms with van der Waals surface area (Å²) in [5, 5.41) is 1.48. The molecule has 1 aliphatic rings. The third-order valence-electron chi connectivity index (χ3n) is 8.05. The van der Waals surface area contributed by atoms with Crippen LogP contribution >= 0.6 is 0 Å². The van der Waals surface area contributed by atoms with Crippen molar-refractivity contribution in [1.29, 1.82) is 0 Å². The molecule has 0 unspecified atom stereocenters. The molecule has 0 atom stereocenters. The lowest BCUT2D eigenvalue weighted by Gasteiger charge is -2.29. The van der Waals surface area contributed by atoms with E-state index in [1.165, 1.54) is 55.6 Å². The molecule has 188 valence electrons. The van der Waals surface area contributed by atoms with Crippen molar-refractivity contribution < 1.29 is 0 Å². The van der Waals surface area contributed by atoms with E-state index in [-0.39, 0.29) is 5.41 Å². The average Bonchev–Trinajstić information content (AvgIpc) is 3.16. The number of fused-ring (bicyclic) bond motifs is 3. The van der Waals surface area contributed by atoms with Crippen LogP contribution in [0.3, 0.4) is 0 Å². The smallest absolute Gasteiger partial charge is 0.0775 e. The quantitative estimate of drug-likeness (QED) is 0.213. The molecule has 0 aliphatic heterocycles. The second-order valence-corrected chi connectivity index (χ2v) is 17.0. The fourth-order valence-electron chi connectivity index (χ4n) is 5.82. The zero-order chi connectivity index (χ0) is 26.5. The van der Waals surface area contributed by atoms with Gasteiger partial charge in [-0.25, -0.2) is 0 Å². The summed E-state index contributed by atoms with van der Waals surface area (Å²) < 4.78 is 0. The molecule has 0 N–H and O–H groups in total. The summed E-state index contributed by atoms with van der Waals surface area (Å²) in [6, 6.07) is 44.7. The Labute approximate surface area is 228 Å². The maximum Gasteiger partial charge on any atom is 0.0775 e. The van der Waals surface area contributed by atoms with Gasteiger partial charge in [-0.05, 0) is 69.8 Å². The van der Waals surface area contributed by atoms with E-state index in [2.05, 4.69) is 160 Å². The van der Waals surface area contributed by atoms with E-state index < -0.39 is 8.07 Å². The summed E-state index contributed by atoms with van der Waals surface area (Å²) in [6.45, 7) is 11.9. The van der Waals surface area contributed by atoms with Crippen molar-refractivity contribution in [3.63, 3.8) is 0 Å². The molecule has 0 radical (unpaired) electrons. The van der Waals surface area contributed by atoms with Gasteiger partial charge in [-0.2, -0.15) is 0 Å². The van der Waals surface area contributed by atoms with Gasteiger partial charge < -0.3 is 4.90 Å². The second-order valence-electron chi connectivity index (χ2n) is 11.9. The van der Waals surface area contributed by atoms with E-state index in [1.807, 2.05) is 0 Å². The molecule has 0 heterocycles. The zero-order valence-corrected chi connectivity index (χ0v) is 24.0. The summed E-state index contributed by atoms with van der Waals surface area (Å²) in [5.74, 6) is 0. The van der Waals surface area contributed by atoms with Gasteiger partial charge in [0.2, 0.25) is 0 Å². The topological polar surface area (TPSA) is 3.24 Å². The van der Waals surface area contributed by atoms with Crippen LogP contribution < -0.4 is 10.1 Å². The van der Waals surface area contributed by atoms with Crippen molar-refractivity contribution in [1.82, 2.24) is 0 Å². The summed E-state index contributed by atoms with van der Waals surface area (Å²) >= 11 is 0. The van der Waals surface area contributed by atoms with Gasteiger partial charge in [-0.3, -0.25) is 0 Å². The standard InChI is InChI=1S/C36H35NSi/c1-36(2)34-14-10-9-13-32(34)33-24-21-30(25-35(33)36)37(29-19-22-31(23-20-29)38(3,4)5)28-17-15-27(16-18-28)26-11-7-6-8-12-26/h6-25H,1-5H3. The predicted octanol–water partition coefficient (Wildman–Crippen LogP) is 9.67. The van der Waals surface area contributed by atoms with Gasteiger partial charge in [-0.1, -0.05) is 124 Å². The highest BCUT2D eigenvalue weighted by Gasteiger charge is 2.35. The molecular weight excluding hydrogens is 474 g/mol. The normalized spacial score (nSPS) is 13.6. The average molecular weight is 510 g/mol. The molecule has 0 saturated heterocycles. The molecule has 2 heteroatoms. The number of hydrogen-bond acceptors (Lipinski definition) is 1. The molecule has 0 bridgehead atoms. The van der Waals surface area contributed by atoms with Crippen molar-refractivity contribution in [3.8, 4) is 22.3 Å². The summed E-state index contributed by atoms with van der Waals surface area (Å²) in [6.07, 6.45) is 0. The molecule has 6 rings (SSSR count). The van der Waals surface area contributed by atoms with Crippen molar-refractivity contribution in [3.05, 3.63) is 132 Å². The molecule has 0 spiro atoms. The lowest BCUT2D eigenvalue weighted by molar-refractivity contribution is 0.660. The van der Waals surface area contributed by atoms with Crippen LogP contribution in [-0.4, -0.2) is 8.07 Å². The van der Waals surface area contributed by atoms with Gasteiger partial charge in [0.15, 0.2) is 0 Å². The highest BCUT2D eigenvalue weighted by atomic mass is 28.3. The van der Waals surface area contributed by atoms with Crippen LogP contribution in [0.4, 0.5) is 17.1 Å². The minimum atomic E-state index is -1.38. The Bertz CT molecular complexity index is 1590. The Morgan fingerprint density at radius 3 is 1.68 bits per heavy atom. The fraction of sp³-hybridized carbons (Fsp3) is 0.167. The highest BCUT2D eigenvalue weighted by molar-refractivity contribution is 6.88. The van der Waals surface area contributed by atoms with Crippen LogP contribution in [-0.2, 0) is 5.41 Å². The van der Waals surface area contributed by atoms with Gasteiger partial charge in [0.05, 0.1) is 8.07 Å². The molecule has 5 aromatic rings. The summed E-state index contributed by atoms with van der Waals surface area (Å²) in [5.41, 5.74) is 11.5.